The lowest BCUT2D eigenvalue weighted by Crippen LogP contribution is -2.38. The summed E-state index contributed by atoms with van der Waals surface area (Å²) < 4.78 is 12.0. The second-order valence-corrected chi connectivity index (χ2v) is 10.7. The smallest absolute Gasteiger partial charge is 0.392 e. The van der Waals surface area contributed by atoms with E-state index in [1.807, 2.05) is 24.3 Å². The number of halogens is 1. The first-order chi connectivity index (χ1) is 11.5. The number of unbranched alkanes of at least 4 members (excludes halogenated alkanes) is 9. The first-order valence-electron chi connectivity index (χ1n) is 9.62. The largest absolute Gasteiger partial charge is 0.519 e. The Hall–Kier alpha value is -0.513. The zero-order valence-electron chi connectivity index (χ0n) is 15.8. The van der Waals surface area contributed by atoms with E-state index in [4.69, 9.17) is 20.5 Å². The van der Waals surface area contributed by atoms with Gasteiger partial charge in [-0.05, 0) is 31.6 Å². The van der Waals surface area contributed by atoms with Crippen LogP contribution in [-0.2, 0) is 4.43 Å². The Morgan fingerprint density at radius 2 is 1.38 bits per heavy atom. The molecule has 0 atom stereocenters. The van der Waals surface area contributed by atoms with E-state index >= 15 is 0 Å². The summed E-state index contributed by atoms with van der Waals surface area (Å²) in [5, 5.41) is 0.653. The maximum atomic E-state index is 6.14. The molecule has 0 amide bonds. The molecule has 4 heteroatoms. The van der Waals surface area contributed by atoms with Gasteiger partial charge in [-0.1, -0.05) is 88.4 Å². The van der Waals surface area contributed by atoms with E-state index < -0.39 is 8.56 Å². The molecular weight excluding hydrogens is 336 g/mol. The molecule has 0 unspecified atom stereocenters. The van der Waals surface area contributed by atoms with Crippen molar-refractivity contribution in [2.75, 3.05) is 6.61 Å². The number of para-hydroxylation sites is 1. The minimum atomic E-state index is -2.15. The van der Waals surface area contributed by atoms with Crippen molar-refractivity contribution < 1.29 is 8.85 Å². The molecule has 0 N–H and O–H groups in total. The molecule has 0 bridgehead atoms. The van der Waals surface area contributed by atoms with E-state index in [2.05, 4.69) is 20.0 Å². The molecule has 0 heterocycles. The summed E-state index contributed by atoms with van der Waals surface area (Å²) in [5.74, 6) is 0.735. The van der Waals surface area contributed by atoms with Crippen molar-refractivity contribution in [3.05, 3.63) is 29.3 Å². The maximum Gasteiger partial charge on any atom is 0.392 e. The predicted molar refractivity (Wildman–Crippen MR) is 107 cm³/mol. The molecule has 1 aromatic rings. The van der Waals surface area contributed by atoms with Crippen molar-refractivity contribution in [3.63, 3.8) is 0 Å². The predicted octanol–water partition coefficient (Wildman–Crippen LogP) is 7.36. The van der Waals surface area contributed by atoms with Crippen molar-refractivity contribution in [3.8, 4) is 5.75 Å². The standard InChI is InChI=1S/C20H35ClO2Si/c1-4-5-6-7-8-9-10-11-12-15-18-22-24(2,3)23-20-17-14-13-16-19(20)21/h13-14,16-17H,4-12,15,18H2,1-3H3. The second kappa shape index (κ2) is 12.8. The normalized spacial score (nSPS) is 11.7. The molecule has 1 rings (SSSR count). The molecule has 2 nitrogen and oxygen atoms in total. The molecule has 0 saturated heterocycles. The van der Waals surface area contributed by atoms with Crippen LogP contribution in [0.5, 0.6) is 5.75 Å². The van der Waals surface area contributed by atoms with Crippen LogP contribution in [0.4, 0.5) is 0 Å². The highest BCUT2D eigenvalue weighted by Gasteiger charge is 2.27. The van der Waals surface area contributed by atoms with Crippen molar-refractivity contribution >= 4 is 20.2 Å². The van der Waals surface area contributed by atoms with Crippen molar-refractivity contribution in [2.45, 2.75) is 84.2 Å². The fraction of sp³-hybridized carbons (Fsp3) is 0.700. The maximum absolute atomic E-state index is 6.14. The minimum absolute atomic E-state index is 0.653. The van der Waals surface area contributed by atoms with E-state index in [0.717, 1.165) is 18.8 Å². The monoisotopic (exact) mass is 370 g/mol. The van der Waals surface area contributed by atoms with E-state index in [1.165, 1.54) is 57.8 Å². The highest BCUT2D eigenvalue weighted by molar-refractivity contribution is 6.65. The van der Waals surface area contributed by atoms with E-state index in [-0.39, 0.29) is 0 Å². The quantitative estimate of drug-likeness (QED) is 0.251. The summed E-state index contributed by atoms with van der Waals surface area (Å²) in [6.07, 6.45) is 13.4. The van der Waals surface area contributed by atoms with Crippen LogP contribution in [0.15, 0.2) is 24.3 Å². The Kier molecular flexibility index (Phi) is 11.5. The molecule has 0 radical (unpaired) electrons. The van der Waals surface area contributed by atoms with Crippen LogP contribution < -0.4 is 4.43 Å². The molecule has 0 aliphatic carbocycles. The Morgan fingerprint density at radius 3 is 1.96 bits per heavy atom. The van der Waals surface area contributed by atoms with Gasteiger partial charge in [-0.25, -0.2) is 0 Å². The lowest BCUT2D eigenvalue weighted by atomic mass is 10.1. The van der Waals surface area contributed by atoms with Crippen LogP contribution in [0.25, 0.3) is 0 Å². The average molecular weight is 371 g/mol. The SMILES string of the molecule is CCCCCCCCCCCCO[Si](C)(C)Oc1ccccc1Cl. The fourth-order valence-corrected chi connectivity index (χ4v) is 4.37. The van der Waals surface area contributed by atoms with Gasteiger partial charge in [0.2, 0.25) is 0 Å². The van der Waals surface area contributed by atoms with E-state index in [9.17, 15) is 0 Å². The summed E-state index contributed by atoms with van der Waals surface area (Å²) in [6, 6.07) is 7.60. The molecule has 0 saturated carbocycles. The van der Waals surface area contributed by atoms with Gasteiger partial charge in [0.15, 0.2) is 0 Å². The van der Waals surface area contributed by atoms with Gasteiger partial charge in [-0.3, -0.25) is 0 Å². The summed E-state index contributed by atoms with van der Waals surface area (Å²) in [4.78, 5) is 0. The first kappa shape index (κ1) is 21.5. The Morgan fingerprint density at radius 1 is 0.833 bits per heavy atom. The van der Waals surface area contributed by atoms with Gasteiger partial charge in [-0.2, -0.15) is 0 Å². The van der Waals surface area contributed by atoms with Gasteiger partial charge in [-0.15, -0.1) is 0 Å². The number of hydrogen-bond acceptors (Lipinski definition) is 2. The third-order valence-corrected chi connectivity index (χ3v) is 6.06. The van der Waals surface area contributed by atoms with Crippen molar-refractivity contribution in [2.24, 2.45) is 0 Å². The summed E-state index contributed by atoms with van der Waals surface area (Å²) in [7, 11) is -2.15. The molecule has 24 heavy (non-hydrogen) atoms. The lowest BCUT2D eigenvalue weighted by molar-refractivity contribution is 0.241. The molecule has 1 aromatic carbocycles. The van der Waals surface area contributed by atoms with Gasteiger partial charge < -0.3 is 8.85 Å². The Labute approximate surface area is 155 Å². The van der Waals surface area contributed by atoms with Crippen molar-refractivity contribution in [1.82, 2.24) is 0 Å². The third-order valence-electron chi connectivity index (χ3n) is 4.14. The summed E-state index contributed by atoms with van der Waals surface area (Å²) in [5.41, 5.74) is 0. The van der Waals surface area contributed by atoms with Gasteiger partial charge in [0.05, 0.1) is 5.02 Å². The Bertz CT molecular complexity index is 437. The highest BCUT2D eigenvalue weighted by Crippen LogP contribution is 2.26. The fourth-order valence-electron chi connectivity index (χ4n) is 2.73. The second-order valence-electron chi connectivity index (χ2n) is 6.96. The van der Waals surface area contributed by atoms with E-state index in [0.29, 0.717) is 5.02 Å². The molecule has 138 valence electrons. The molecule has 0 aromatic heterocycles. The molecule has 0 aliphatic rings. The number of rotatable bonds is 14. The topological polar surface area (TPSA) is 18.5 Å². The number of benzene rings is 1. The van der Waals surface area contributed by atoms with Crippen LogP contribution in [-0.4, -0.2) is 15.2 Å². The minimum Gasteiger partial charge on any atom is -0.519 e. The van der Waals surface area contributed by atoms with Crippen molar-refractivity contribution in [1.29, 1.82) is 0 Å². The van der Waals surface area contributed by atoms with Gasteiger partial charge in [0.25, 0.3) is 0 Å². The van der Waals surface area contributed by atoms with Gasteiger partial charge in [0, 0.05) is 6.61 Å². The van der Waals surface area contributed by atoms with Crippen LogP contribution in [0, 0.1) is 0 Å². The average Bonchev–Trinajstić information content (AvgIpc) is 2.54. The van der Waals surface area contributed by atoms with E-state index in [1.54, 1.807) is 0 Å². The molecule has 0 spiro atoms. The van der Waals surface area contributed by atoms with Crippen LogP contribution >= 0.6 is 11.6 Å². The summed E-state index contributed by atoms with van der Waals surface area (Å²) in [6.45, 7) is 7.21. The highest BCUT2D eigenvalue weighted by atomic mass is 35.5. The molecule has 0 aliphatic heterocycles. The zero-order chi connectivity index (χ0) is 17.7. The van der Waals surface area contributed by atoms with Gasteiger partial charge >= 0.3 is 8.56 Å². The lowest BCUT2D eigenvalue weighted by Gasteiger charge is -2.24. The third kappa shape index (κ3) is 10.4. The van der Waals surface area contributed by atoms with Crippen LogP contribution in [0.2, 0.25) is 18.1 Å². The van der Waals surface area contributed by atoms with Crippen LogP contribution in [0.3, 0.4) is 0 Å². The number of hydrogen-bond donors (Lipinski definition) is 0. The van der Waals surface area contributed by atoms with Crippen LogP contribution in [0.1, 0.15) is 71.1 Å². The van der Waals surface area contributed by atoms with Gasteiger partial charge in [0.1, 0.15) is 5.75 Å². The first-order valence-corrected chi connectivity index (χ1v) is 12.8. The Balaban J connectivity index is 2.03. The summed E-state index contributed by atoms with van der Waals surface area (Å²) >= 11 is 6.14. The molecule has 0 fully saturated rings. The zero-order valence-corrected chi connectivity index (χ0v) is 17.5. The molecular formula is C20H35ClO2Si.